The van der Waals surface area contributed by atoms with Crippen molar-refractivity contribution in [2.45, 2.75) is 12.8 Å². The second-order valence-electron chi connectivity index (χ2n) is 5.99. The Kier molecular flexibility index (Phi) is 6.85. The second kappa shape index (κ2) is 9.74. The third-order valence-electron chi connectivity index (χ3n) is 4.04. The van der Waals surface area contributed by atoms with Gasteiger partial charge in [-0.25, -0.2) is 4.98 Å². The van der Waals surface area contributed by atoms with Crippen molar-refractivity contribution in [3.8, 4) is 22.8 Å². The summed E-state index contributed by atoms with van der Waals surface area (Å²) in [6, 6.07) is 8.75. The van der Waals surface area contributed by atoms with Crippen LogP contribution in [0.2, 0.25) is 0 Å². The van der Waals surface area contributed by atoms with Crippen LogP contribution in [0.3, 0.4) is 0 Å². The zero-order chi connectivity index (χ0) is 20.6. The maximum atomic E-state index is 12.1. The van der Waals surface area contributed by atoms with Gasteiger partial charge >= 0.3 is 0 Å². The van der Waals surface area contributed by atoms with Crippen LogP contribution in [0, 0.1) is 0 Å². The fraction of sp³-hybridized carbons (Fsp3) is 0.250. The van der Waals surface area contributed by atoms with Crippen LogP contribution < -0.4 is 20.1 Å². The molecule has 0 saturated carbocycles. The lowest BCUT2D eigenvalue weighted by Crippen LogP contribution is -2.25. The Labute approximate surface area is 171 Å². The summed E-state index contributed by atoms with van der Waals surface area (Å²) in [5.41, 5.74) is 1.59. The Morgan fingerprint density at radius 1 is 1.17 bits per heavy atom. The van der Waals surface area contributed by atoms with E-state index in [2.05, 4.69) is 15.6 Å². The molecule has 9 heteroatoms. The number of nitrogens with one attached hydrogen (secondary N) is 2. The second-order valence-corrected chi connectivity index (χ2v) is 6.85. The van der Waals surface area contributed by atoms with E-state index in [-0.39, 0.29) is 24.0 Å². The van der Waals surface area contributed by atoms with Crippen molar-refractivity contribution in [1.82, 2.24) is 10.3 Å². The quantitative estimate of drug-likeness (QED) is 0.518. The lowest BCUT2D eigenvalue weighted by molar-refractivity contribution is -0.116. The minimum atomic E-state index is -0.296. The van der Waals surface area contributed by atoms with Crippen molar-refractivity contribution < 1.29 is 23.5 Å². The molecule has 8 nitrogen and oxygen atoms in total. The third-order valence-corrected chi connectivity index (χ3v) is 4.80. The summed E-state index contributed by atoms with van der Waals surface area (Å²) in [5, 5.41) is 7.86. The van der Waals surface area contributed by atoms with E-state index in [1.807, 2.05) is 23.6 Å². The van der Waals surface area contributed by atoms with Gasteiger partial charge in [0.15, 0.2) is 22.4 Å². The summed E-state index contributed by atoms with van der Waals surface area (Å²) in [6.07, 6.45) is 2.21. The van der Waals surface area contributed by atoms with Gasteiger partial charge in [0.25, 0.3) is 5.91 Å². The molecule has 0 aliphatic carbocycles. The maximum absolute atomic E-state index is 12.1. The first-order valence-electron chi connectivity index (χ1n) is 8.90. The predicted octanol–water partition coefficient (Wildman–Crippen LogP) is 3.57. The van der Waals surface area contributed by atoms with Gasteiger partial charge in [0.05, 0.1) is 26.2 Å². The van der Waals surface area contributed by atoms with Crippen molar-refractivity contribution in [3.05, 3.63) is 47.7 Å². The van der Waals surface area contributed by atoms with Gasteiger partial charge in [-0.05, 0) is 36.8 Å². The van der Waals surface area contributed by atoms with Crippen molar-refractivity contribution >= 4 is 28.3 Å². The minimum Gasteiger partial charge on any atom is -0.493 e. The molecule has 0 aliphatic rings. The number of aromatic nitrogens is 1. The number of furan rings is 1. The molecule has 3 aromatic rings. The smallest absolute Gasteiger partial charge is 0.286 e. The van der Waals surface area contributed by atoms with E-state index in [1.54, 1.807) is 26.4 Å². The number of ether oxygens (including phenoxy) is 2. The van der Waals surface area contributed by atoms with Crippen LogP contribution in [0.15, 0.2) is 46.4 Å². The fourth-order valence-corrected chi connectivity index (χ4v) is 3.32. The first kappa shape index (κ1) is 20.4. The van der Waals surface area contributed by atoms with Crippen LogP contribution in [0.25, 0.3) is 11.3 Å². The average molecular weight is 415 g/mol. The molecule has 0 radical (unpaired) electrons. The zero-order valence-electron chi connectivity index (χ0n) is 16.1. The van der Waals surface area contributed by atoms with Gasteiger partial charge in [0.1, 0.15) is 0 Å². The molecule has 152 valence electrons. The number of amides is 2. The molecule has 2 N–H and O–H groups in total. The monoisotopic (exact) mass is 415 g/mol. The molecule has 2 aromatic heterocycles. The highest BCUT2D eigenvalue weighted by Gasteiger charge is 2.12. The molecule has 29 heavy (non-hydrogen) atoms. The number of benzene rings is 1. The highest BCUT2D eigenvalue weighted by molar-refractivity contribution is 7.14. The van der Waals surface area contributed by atoms with Gasteiger partial charge in [-0.1, -0.05) is 0 Å². The summed E-state index contributed by atoms with van der Waals surface area (Å²) in [4.78, 5) is 28.3. The predicted molar refractivity (Wildman–Crippen MR) is 110 cm³/mol. The first-order valence-corrected chi connectivity index (χ1v) is 9.78. The van der Waals surface area contributed by atoms with Crippen LogP contribution in [-0.4, -0.2) is 37.6 Å². The van der Waals surface area contributed by atoms with Gasteiger partial charge in [-0.15, -0.1) is 11.3 Å². The molecule has 2 amide bonds. The van der Waals surface area contributed by atoms with Crippen molar-refractivity contribution in [3.63, 3.8) is 0 Å². The van der Waals surface area contributed by atoms with Gasteiger partial charge in [-0.3, -0.25) is 9.59 Å². The molecule has 0 fully saturated rings. The van der Waals surface area contributed by atoms with E-state index in [1.165, 1.54) is 17.6 Å². The van der Waals surface area contributed by atoms with Gasteiger partial charge in [0.2, 0.25) is 5.91 Å². The number of nitrogens with zero attached hydrogens (tertiary/aromatic N) is 1. The van der Waals surface area contributed by atoms with E-state index < -0.39 is 0 Å². The number of hydrogen-bond acceptors (Lipinski definition) is 7. The average Bonchev–Trinajstić information content (AvgIpc) is 3.43. The van der Waals surface area contributed by atoms with Gasteiger partial charge < -0.3 is 24.5 Å². The highest BCUT2D eigenvalue weighted by atomic mass is 32.1. The van der Waals surface area contributed by atoms with Crippen LogP contribution >= 0.6 is 11.3 Å². The molecular weight excluding hydrogens is 394 g/mol. The summed E-state index contributed by atoms with van der Waals surface area (Å²) in [6.45, 7) is 0.377. The van der Waals surface area contributed by atoms with Crippen molar-refractivity contribution in [2.75, 3.05) is 26.1 Å². The molecule has 0 saturated heterocycles. The number of hydrogen-bond donors (Lipinski definition) is 2. The Bertz CT molecular complexity index is 968. The molecule has 0 unspecified atom stereocenters. The Morgan fingerprint density at radius 3 is 2.72 bits per heavy atom. The molecule has 0 bridgehead atoms. The summed E-state index contributed by atoms with van der Waals surface area (Å²) in [7, 11) is 3.15. The SMILES string of the molecule is COc1ccc(-c2csc(NC(=O)CCCNC(=O)c3ccco3)n2)cc1OC. The lowest BCUT2D eigenvalue weighted by atomic mass is 10.1. The Morgan fingerprint density at radius 2 is 2.00 bits per heavy atom. The largest absolute Gasteiger partial charge is 0.493 e. The lowest BCUT2D eigenvalue weighted by Gasteiger charge is -2.08. The van der Waals surface area contributed by atoms with Gasteiger partial charge in [0, 0.05) is 23.9 Å². The van der Waals surface area contributed by atoms with E-state index in [0.29, 0.717) is 29.6 Å². The molecule has 1 aromatic carbocycles. The van der Waals surface area contributed by atoms with Crippen molar-refractivity contribution in [1.29, 1.82) is 0 Å². The number of rotatable bonds is 9. The van der Waals surface area contributed by atoms with Crippen molar-refractivity contribution in [2.24, 2.45) is 0 Å². The maximum Gasteiger partial charge on any atom is 0.286 e. The van der Waals surface area contributed by atoms with Crippen LogP contribution in [0.1, 0.15) is 23.4 Å². The molecule has 2 heterocycles. The standard InChI is InChI=1S/C20H21N3O5S/c1-26-15-8-7-13(11-17(15)27-2)14-12-29-20(22-14)23-18(24)6-3-9-21-19(25)16-5-4-10-28-16/h4-5,7-8,10-12H,3,6,9H2,1-2H3,(H,21,25)(H,22,23,24). The van der Waals surface area contributed by atoms with E-state index in [9.17, 15) is 9.59 Å². The molecule has 3 rings (SSSR count). The van der Waals surface area contributed by atoms with Crippen LogP contribution in [0.4, 0.5) is 5.13 Å². The number of carbonyl (C=O) groups excluding carboxylic acids is 2. The molecular formula is C20H21N3O5S. The fourth-order valence-electron chi connectivity index (χ4n) is 2.59. The minimum absolute atomic E-state index is 0.162. The van der Waals surface area contributed by atoms with Crippen LogP contribution in [0.5, 0.6) is 11.5 Å². The van der Waals surface area contributed by atoms with E-state index in [0.717, 1.165) is 11.3 Å². The molecule has 0 atom stereocenters. The number of anilines is 1. The molecule has 0 aliphatic heterocycles. The summed E-state index contributed by atoms with van der Waals surface area (Å²) >= 11 is 1.34. The summed E-state index contributed by atoms with van der Waals surface area (Å²) in [5.74, 6) is 1.04. The number of thiazole rings is 1. The zero-order valence-corrected chi connectivity index (χ0v) is 16.9. The van der Waals surface area contributed by atoms with Gasteiger partial charge in [-0.2, -0.15) is 0 Å². The summed E-state index contributed by atoms with van der Waals surface area (Å²) < 4.78 is 15.6. The van der Waals surface area contributed by atoms with Crippen LogP contribution in [-0.2, 0) is 4.79 Å². The number of carbonyl (C=O) groups is 2. The topological polar surface area (TPSA) is 103 Å². The Balaban J connectivity index is 1.48. The third kappa shape index (κ3) is 5.35. The van der Waals surface area contributed by atoms with E-state index in [4.69, 9.17) is 13.9 Å². The Hall–Kier alpha value is -3.33. The van der Waals surface area contributed by atoms with E-state index >= 15 is 0 Å². The highest BCUT2D eigenvalue weighted by Crippen LogP contribution is 2.33. The molecule has 0 spiro atoms. The first-order chi connectivity index (χ1) is 14.1. The number of methoxy groups -OCH3 is 2. The normalized spacial score (nSPS) is 10.4.